The Kier molecular flexibility index (Phi) is 3.93. The lowest BCUT2D eigenvalue weighted by atomic mass is 9.94. The van der Waals surface area contributed by atoms with Crippen LogP contribution in [0, 0.1) is 0 Å². The standard InChI is InChI=1S/C12H14F3N3O3/c1-17-9(10(19)20)5-8(16-17)7-3-2-4-18(6-7)11(21)12(13,14)15/h5,7H,2-4,6H2,1H3,(H,19,20). The number of hydrogen-bond acceptors (Lipinski definition) is 3. The zero-order chi connectivity index (χ0) is 15.8. The Labute approximate surface area is 118 Å². The van der Waals surface area contributed by atoms with E-state index in [1.807, 2.05) is 0 Å². The van der Waals surface area contributed by atoms with Crippen LogP contribution in [-0.2, 0) is 11.8 Å². The van der Waals surface area contributed by atoms with E-state index < -0.39 is 18.1 Å². The van der Waals surface area contributed by atoms with Crippen LogP contribution >= 0.6 is 0 Å². The number of carbonyl (C=O) groups is 2. The molecule has 1 aromatic heterocycles. The number of carbonyl (C=O) groups excluding carboxylic acids is 1. The Hall–Kier alpha value is -2.06. The van der Waals surface area contributed by atoms with E-state index in [1.165, 1.54) is 17.8 Å². The molecule has 1 saturated heterocycles. The molecule has 0 aliphatic carbocycles. The van der Waals surface area contributed by atoms with Crippen LogP contribution in [0.25, 0.3) is 0 Å². The highest BCUT2D eigenvalue weighted by atomic mass is 19.4. The minimum absolute atomic E-state index is 0.0377. The Morgan fingerprint density at radius 1 is 1.43 bits per heavy atom. The van der Waals surface area contributed by atoms with E-state index in [0.717, 1.165) is 4.90 Å². The molecule has 6 nitrogen and oxygen atoms in total. The predicted octanol–water partition coefficient (Wildman–Crippen LogP) is 1.39. The number of aryl methyl sites for hydroxylation is 1. The highest BCUT2D eigenvalue weighted by Gasteiger charge is 2.44. The van der Waals surface area contributed by atoms with Gasteiger partial charge in [0, 0.05) is 26.1 Å². The van der Waals surface area contributed by atoms with E-state index in [0.29, 0.717) is 18.5 Å². The number of alkyl halides is 3. The van der Waals surface area contributed by atoms with Gasteiger partial charge in [0.1, 0.15) is 5.69 Å². The number of likely N-dealkylation sites (tertiary alicyclic amines) is 1. The molecular weight excluding hydrogens is 291 g/mol. The lowest BCUT2D eigenvalue weighted by Gasteiger charge is -2.32. The molecule has 1 unspecified atom stereocenters. The van der Waals surface area contributed by atoms with Gasteiger partial charge in [-0.3, -0.25) is 9.48 Å². The summed E-state index contributed by atoms with van der Waals surface area (Å²) in [7, 11) is 1.45. The van der Waals surface area contributed by atoms with Crippen LogP contribution in [0.2, 0.25) is 0 Å². The third-order valence-electron chi connectivity index (χ3n) is 3.49. The fourth-order valence-electron chi connectivity index (χ4n) is 2.47. The summed E-state index contributed by atoms with van der Waals surface area (Å²) in [6.07, 6.45) is -3.90. The first-order valence-corrected chi connectivity index (χ1v) is 6.33. The van der Waals surface area contributed by atoms with Crippen molar-refractivity contribution in [3.8, 4) is 0 Å². The Bertz CT molecular complexity index is 568. The third-order valence-corrected chi connectivity index (χ3v) is 3.49. The van der Waals surface area contributed by atoms with Crippen LogP contribution in [0.5, 0.6) is 0 Å². The summed E-state index contributed by atoms with van der Waals surface area (Å²) in [6.45, 7) is -0.0537. The fourth-order valence-corrected chi connectivity index (χ4v) is 2.47. The second-order valence-corrected chi connectivity index (χ2v) is 4.97. The molecule has 1 amide bonds. The molecule has 0 saturated carbocycles. The number of aromatic nitrogens is 2. The van der Waals surface area contributed by atoms with Gasteiger partial charge in [0.15, 0.2) is 0 Å². The van der Waals surface area contributed by atoms with Gasteiger partial charge in [-0.1, -0.05) is 0 Å². The molecule has 1 aliphatic heterocycles. The van der Waals surface area contributed by atoms with Crippen molar-refractivity contribution in [3.05, 3.63) is 17.5 Å². The van der Waals surface area contributed by atoms with Crippen molar-refractivity contribution in [3.63, 3.8) is 0 Å². The van der Waals surface area contributed by atoms with Gasteiger partial charge >= 0.3 is 18.1 Å². The van der Waals surface area contributed by atoms with E-state index in [1.54, 1.807) is 0 Å². The second-order valence-electron chi connectivity index (χ2n) is 4.97. The first kappa shape index (κ1) is 15.3. The third kappa shape index (κ3) is 3.17. The van der Waals surface area contributed by atoms with Crippen molar-refractivity contribution in [2.75, 3.05) is 13.1 Å². The van der Waals surface area contributed by atoms with E-state index in [9.17, 15) is 22.8 Å². The summed E-state index contributed by atoms with van der Waals surface area (Å²) in [5.41, 5.74) is 0.360. The van der Waals surface area contributed by atoms with Gasteiger partial charge in [-0.2, -0.15) is 18.3 Å². The molecule has 1 fully saturated rings. The second kappa shape index (κ2) is 5.38. The number of amides is 1. The van der Waals surface area contributed by atoms with Gasteiger partial charge in [0.25, 0.3) is 0 Å². The molecule has 0 radical (unpaired) electrons. The average molecular weight is 305 g/mol. The molecule has 1 atom stereocenters. The number of rotatable bonds is 2. The molecule has 0 aromatic carbocycles. The summed E-state index contributed by atoms with van der Waals surface area (Å²) in [4.78, 5) is 23.0. The number of carboxylic acids is 1. The smallest absolute Gasteiger partial charge is 0.471 e. The van der Waals surface area contributed by atoms with Crippen molar-refractivity contribution < 1.29 is 27.9 Å². The molecular formula is C12H14F3N3O3. The zero-order valence-corrected chi connectivity index (χ0v) is 11.2. The predicted molar refractivity (Wildman–Crippen MR) is 64.8 cm³/mol. The molecule has 9 heteroatoms. The topological polar surface area (TPSA) is 75.4 Å². The molecule has 0 bridgehead atoms. The van der Waals surface area contributed by atoms with E-state index >= 15 is 0 Å². The van der Waals surface area contributed by atoms with Crippen molar-refractivity contribution >= 4 is 11.9 Å². The highest BCUT2D eigenvalue weighted by molar-refractivity contribution is 5.85. The lowest BCUT2D eigenvalue weighted by Crippen LogP contribution is -2.45. The number of nitrogens with zero attached hydrogens (tertiary/aromatic N) is 3. The molecule has 0 spiro atoms. The quantitative estimate of drug-likeness (QED) is 0.896. The largest absolute Gasteiger partial charge is 0.477 e. The SMILES string of the molecule is Cn1nc(C2CCCN(C(=O)C(F)(F)F)C2)cc1C(=O)O. The Balaban J connectivity index is 2.16. The molecule has 116 valence electrons. The van der Waals surface area contributed by atoms with Crippen LogP contribution in [0.1, 0.15) is 34.9 Å². The highest BCUT2D eigenvalue weighted by Crippen LogP contribution is 2.29. The van der Waals surface area contributed by atoms with Crippen molar-refractivity contribution in [2.24, 2.45) is 7.05 Å². The van der Waals surface area contributed by atoms with Gasteiger partial charge in [0.2, 0.25) is 0 Å². The van der Waals surface area contributed by atoms with Gasteiger partial charge in [0.05, 0.1) is 5.69 Å². The van der Waals surface area contributed by atoms with E-state index in [2.05, 4.69) is 5.10 Å². The van der Waals surface area contributed by atoms with Crippen LogP contribution < -0.4 is 0 Å². The summed E-state index contributed by atoms with van der Waals surface area (Å²) >= 11 is 0. The first-order valence-electron chi connectivity index (χ1n) is 6.33. The van der Waals surface area contributed by atoms with Crippen molar-refractivity contribution in [1.29, 1.82) is 0 Å². The maximum atomic E-state index is 12.4. The van der Waals surface area contributed by atoms with Gasteiger partial charge < -0.3 is 10.0 Å². The zero-order valence-electron chi connectivity index (χ0n) is 11.2. The number of hydrogen-bond donors (Lipinski definition) is 1. The fraction of sp³-hybridized carbons (Fsp3) is 0.583. The molecule has 1 aromatic rings. The summed E-state index contributed by atoms with van der Waals surface area (Å²) < 4.78 is 38.5. The number of halogens is 3. The summed E-state index contributed by atoms with van der Waals surface area (Å²) in [6, 6.07) is 1.34. The van der Waals surface area contributed by atoms with Crippen LogP contribution in [0.4, 0.5) is 13.2 Å². The minimum atomic E-state index is -4.89. The molecule has 1 aliphatic rings. The average Bonchev–Trinajstić information content (AvgIpc) is 2.79. The molecule has 2 rings (SSSR count). The van der Waals surface area contributed by atoms with Gasteiger partial charge in [-0.25, -0.2) is 4.79 Å². The number of piperidine rings is 1. The monoisotopic (exact) mass is 305 g/mol. The van der Waals surface area contributed by atoms with Crippen molar-refractivity contribution in [2.45, 2.75) is 24.9 Å². The Morgan fingerprint density at radius 2 is 2.10 bits per heavy atom. The number of aromatic carboxylic acids is 1. The van der Waals surface area contributed by atoms with Crippen LogP contribution in [0.3, 0.4) is 0 Å². The van der Waals surface area contributed by atoms with Crippen molar-refractivity contribution in [1.82, 2.24) is 14.7 Å². The molecule has 2 heterocycles. The normalized spacial score (nSPS) is 19.6. The van der Waals surface area contributed by atoms with Gasteiger partial charge in [-0.15, -0.1) is 0 Å². The van der Waals surface area contributed by atoms with Crippen LogP contribution in [0.15, 0.2) is 6.07 Å². The maximum Gasteiger partial charge on any atom is 0.471 e. The Morgan fingerprint density at radius 3 is 2.62 bits per heavy atom. The maximum absolute atomic E-state index is 12.4. The first-order chi connectivity index (χ1) is 9.70. The summed E-state index contributed by atoms with van der Waals surface area (Å²) in [5.74, 6) is -3.40. The van der Waals surface area contributed by atoms with Crippen LogP contribution in [-0.4, -0.2) is 50.9 Å². The molecule has 21 heavy (non-hydrogen) atoms. The summed E-state index contributed by atoms with van der Waals surface area (Å²) in [5, 5.41) is 13.0. The lowest BCUT2D eigenvalue weighted by molar-refractivity contribution is -0.186. The van der Waals surface area contributed by atoms with E-state index in [4.69, 9.17) is 5.11 Å². The number of carboxylic acid groups (broad SMARTS) is 1. The van der Waals surface area contributed by atoms with E-state index in [-0.39, 0.29) is 24.7 Å². The molecule has 1 N–H and O–H groups in total. The van der Waals surface area contributed by atoms with Gasteiger partial charge in [-0.05, 0) is 18.9 Å². The minimum Gasteiger partial charge on any atom is -0.477 e.